The molecule has 0 saturated carbocycles. The molecule has 0 aliphatic rings. The summed E-state index contributed by atoms with van der Waals surface area (Å²) < 4.78 is 10.1. The molecule has 0 bridgehead atoms. The molecule has 0 aromatic carbocycles. The lowest BCUT2D eigenvalue weighted by Gasteiger charge is -2.16. The van der Waals surface area contributed by atoms with Gasteiger partial charge in [-0.2, -0.15) is 4.98 Å². The SMILES string of the molecule is CC(C)(C)c1nc(=O)oc2ccoc12. The van der Waals surface area contributed by atoms with Crippen LogP contribution in [0.2, 0.25) is 0 Å². The Hall–Kier alpha value is -1.58. The third-order valence-corrected chi connectivity index (χ3v) is 1.95. The Balaban J connectivity index is 2.87. The van der Waals surface area contributed by atoms with Crippen LogP contribution in [0.5, 0.6) is 0 Å². The van der Waals surface area contributed by atoms with Crippen molar-refractivity contribution in [3.8, 4) is 0 Å². The average molecular weight is 193 g/mol. The molecule has 0 aliphatic heterocycles. The molecular weight excluding hydrogens is 182 g/mol. The van der Waals surface area contributed by atoms with Crippen molar-refractivity contribution in [3.63, 3.8) is 0 Å². The number of aromatic nitrogens is 1. The summed E-state index contributed by atoms with van der Waals surface area (Å²) in [5.41, 5.74) is 1.41. The lowest BCUT2D eigenvalue weighted by Crippen LogP contribution is -2.19. The van der Waals surface area contributed by atoms with Gasteiger partial charge in [-0.25, -0.2) is 4.79 Å². The highest BCUT2D eigenvalue weighted by Gasteiger charge is 2.22. The van der Waals surface area contributed by atoms with Gasteiger partial charge in [0.25, 0.3) is 0 Å². The van der Waals surface area contributed by atoms with Crippen molar-refractivity contribution in [2.45, 2.75) is 26.2 Å². The summed E-state index contributed by atoms with van der Waals surface area (Å²) in [6.45, 7) is 5.91. The molecular formula is C10H11NO3. The molecule has 0 radical (unpaired) electrons. The van der Waals surface area contributed by atoms with Crippen LogP contribution in [0.25, 0.3) is 11.2 Å². The summed E-state index contributed by atoms with van der Waals surface area (Å²) in [5.74, 6) is -0.580. The lowest BCUT2D eigenvalue weighted by molar-refractivity contribution is 0.481. The molecule has 0 fully saturated rings. The van der Waals surface area contributed by atoms with Gasteiger partial charge in [0.1, 0.15) is 0 Å². The van der Waals surface area contributed by atoms with Gasteiger partial charge in [0.2, 0.25) is 0 Å². The zero-order valence-corrected chi connectivity index (χ0v) is 8.33. The fourth-order valence-electron chi connectivity index (χ4n) is 1.32. The van der Waals surface area contributed by atoms with Gasteiger partial charge in [0.05, 0.1) is 12.0 Å². The second-order valence-corrected chi connectivity index (χ2v) is 4.19. The fourth-order valence-corrected chi connectivity index (χ4v) is 1.32. The first-order chi connectivity index (χ1) is 6.48. The molecule has 4 heteroatoms. The minimum absolute atomic E-state index is 0.230. The Bertz CT molecular complexity index is 516. The second kappa shape index (κ2) is 2.70. The van der Waals surface area contributed by atoms with E-state index in [1.54, 1.807) is 6.07 Å². The van der Waals surface area contributed by atoms with E-state index in [1.165, 1.54) is 6.26 Å². The van der Waals surface area contributed by atoms with Crippen molar-refractivity contribution in [1.82, 2.24) is 4.98 Å². The standard InChI is InChI=1S/C10H11NO3/c1-10(2,3)8-7-6(4-5-13-7)14-9(12)11-8/h4-5H,1-3H3. The molecule has 4 nitrogen and oxygen atoms in total. The number of nitrogens with zero attached hydrogens (tertiary/aromatic N) is 1. The van der Waals surface area contributed by atoms with E-state index in [1.807, 2.05) is 20.8 Å². The number of fused-ring (bicyclic) bond motifs is 1. The van der Waals surface area contributed by atoms with Crippen molar-refractivity contribution in [3.05, 3.63) is 28.6 Å². The maximum atomic E-state index is 11.1. The van der Waals surface area contributed by atoms with E-state index < -0.39 is 5.76 Å². The van der Waals surface area contributed by atoms with Crippen LogP contribution in [-0.4, -0.2) is 4.98 Å². The third kappa shape index (κ3) is 1.32. The van der Waals surface area contributed by atoms with Crippen molar-refractivity contribution < 1.29 is 8.83 Å². The van der Waals surface area contributed by atoms with Crippen molar-refractivity contribution >= 4 is 11.2 Å². The average Bonchev–Trinajstić information content (AvgIpc) is 2.47. The first-order valence-corrected chi connectivity index (χ1v) is 4.37. The van der Waals surface area contributed by atoms with Crippen molar-refractivity contribution in [2.24, 2.45) is 0 Å². The minimum atomic E-state index is -0.580. The molecule has 0 amide bonds. The summed E-state index contributed by atoms with van der Waals surface area (Å²) >= 11 is 0. The first-order valence-electron chi connectivity index (χ1n) is 4.37. The highest BCUT2D eigenvalue weighted by atomic mass is 16.4. The van der Waals surface area contributed by atoms with Crippen molar-refractivity contribution in [1.29, 1.82) is 0 Å². The zero-order chi connectivity index (χ0) is 10.3. The fraction of sp³-hybridized carbons (Fsp3) is 0.400. The topological polar surface area (TPSA) is 56.2 Å². The van der Waals surface area contributed by atoms with Crippen LogP contribution in [0, 0.1) is 0 Å². The summed E-state index contributed by atoms with van der Waals surface area (Å²) in [6.07, 6.45) is 1.49. The van der Waals surface area contributed by atoms with Crippen LogP contribution >= 0.6 is 0 Å². The number of rotatable bonds is 0. The van der Waals surface area contributed by atoms with Crippen LogP contribution in [0.15, 0.2) is 26.0 Å². The van der Waals surface area contributed by atoms with E-state index in [2.05, 4.69) is 4.98 Å². The Morgan fingerprint density at radius 3 is 2.71 bits per heavy atom. The molecule has 0 aliphatic carbocycles. The normalized spacial score (nSPS) is 12.2. The maximum absolute atomic E-state index is 11.1. The lowest BCUT2D eigenvalue weighted by atomic mass is 9.91. The predicted octanol–water partition coefficient (Wildman–Crippen LogP) is 2.08. The monoisotopic (exact) mass is 193 g/mol. The Morgan fingerprint density at radius 1 is 1.36 bits per heavy atom. The molecule has 14 heavy (non-hydrogen) atoms. The van der Waals surface area contributed by atoms with Crippen LogP contribution in [0.3, 0.4) is 0 Å². The van der Waals surface area contributed by atoms with Crippen LogP contribution < -0.4 is 5.76 Å². The molecule has 0 N–H and O–H groups in total. The number of furan rings is 1. The Labute approximate surface area is 80.6 Å². The van der Waals surface area contributed by atoms with E-state index in [-0.39, 0.29) is 5.41 Å². The summed E-state index contributed by atoms with van der Waals surface area (Å²) in [5, 5.41) is 0. The van der Waals surface area contributed by atoms with E-state index in [4.69, 9.17) is 8.83 Å². The summed E-state index contributed by atoms with van der Waals surface area (Å²) in [6, 6.07) is 1.62. The predicted molar refractivity (Wildman–Crippen MR) is 51.2 cm³/mol. The van der Waals surface area contributed by atoms with Crippen LogP contribution in [-0.2, 0) is 5.41 Å². The van der Waals surface area contributed by atoms with Gasteiger partial charge in [0.15, 0.2) is 11.2 Å². The first kappa shape index (κ1) is 8.99. The summed E-state index contributed by atoms with van der Waals surface area (Å²) in [4.78, 5) is 15.0. The molecule has 2 rings (SSSR count). The van der Waals surface area contributed by atoms with Gasteiger partial charge in [-0.15, -0.1) is 0 Å². The third-order valence-electron chi connectivity index (χ3n) is 1.95. The Kier molecular flexibility index (Phi) is 1.74. The summed E-state index contributed by atoms with van der Waals surface area (Å²) in [7, 11) is 0. The maximum Gasteiger partial charge on any atom is 0.439 e. The highest BCUT2D eigenvalue weighted by molar-refractivity contribution is 5.73. The Morgan fingerprint density at radius 2 is 2.07 bits per heavy atom. The van der Waals surface area contributed by atoms with Crippen LogP contribution in [0.1, 0.15) is 26.5 Å². The van der Waals surface area contributed by atoms with Gasteiger partial charge >= 0.3 is 5.76 Å². The van der Waals surface area contributed by atoms with E-state index >= 15 is 0 Å². The quantitative estimate of drug-likeness (QED) is 0.642. The highest BCUT2D eigenvalue weighted by Crippen LogP contribution is 2.27. The number of hydrogen-bond acceptors (Lipinski definition) is 4. The largest absolute Gasteiger partial charge is 0.459 e. The van der Waals surface area contributed by atoms with Gasteiger partial charge in [-0.05, 0) is 0 Å². The van der Waals surface area contributed by atoms with Gasteiger partial charge in [-0.3, -0.25) is 0 Å². The minimum Gasteiger partial charge on any atom is -0.459 e. The zero-order valence-electron chi connectivity index (χ0n) is 8.33. The second-order valence-electron chi connectivity index (χ2n) is 4.19. The van der Waals surface area contributed by atoms with Crippen LogP contribution in [0.4, 0.5) is 0 Å². The molecule has 0 unspecified atom stereocenters. The smallest absolute Gasteiger partial charge is 0.439 e. The molecule has 0 spiro atoms. The molecule has 2 aromatic heterocycles. The van der Waals surface area contributed by atoms with Gasteiger partial charge < -0.3 is 8.83 Å². The van der Waals surface area contributed by atoms with E-state index in [0.29, 0.717) is 16.9 Å². The van der Waals surface area contributed by atoms with Crippen molar-refractivity contribution in [2.75, 3.05) is 0 Å². The number of hydrogen-bond donors (Lipinski definition) is 0. The molecule has 0 atom stereocenters. The molecule has 74 valence electrons. The van der Waals surface area contributed by atoms with E-state index in [0.717, 1.165) is 0 Å². The van der Waals surface area contributed by atoms with Gasteiger partial charge in [-0.1, -0.05) is 20.8 Å². The van der Waals surface area contributed by atoms with Gasteiger partial charge in [0, 0.05) is 11.5 Å². The molecule has 2 aromatic rings. The molecule has 2 heterocycles. The molecule has 0 saturated heterocycles. The van der Waals surface area contributed by atoms with E-state index in [9.17, 15) is 4.79 Å².